The zero-order valence-electron chi connectivity index (χ0n) is 13.0. The van der Waals surface area contributed by atoms with E-state index in [0.717, 1.165) is 10.7 Å². The molecule has 4 rings (SSSR count). The Hall–Kier alpha value is -2.65. The third kappa shape index (κ3) is 3.03. The van der Waals surface area contributed by atoms with Crippen molar-refractivity contribution in [2.75, 3.05) is 0 Å². The Kier molecular flexibility index (Phi) is 4.24. The lowest BCUT2D eigenvalue weighted by Gasteiger charge is -2.03. The number of aromatic amines is 1. The van der Waals surface area contributed by atoms with Crippen LogP contribution < -0.4 is 5.56 Å². The van der Waals surface area contributed by atoms with Gasteiger partial charge in [-0.2, -0.15) is 0 Å². The van der Waals surface area contributed by atoms with E-state index in [0.29, 0.717) is 34.1 Å². The van der Waals surface area contributed by atoms with E-state index in [1.54, 1.807) is 24.7 Å². The number of hydrogen-bond acceptors (Lipinski definition) is 7. The van der Waals surface area contributed by atoms with E-state index >= 15 is 0 Å². The number of fused-ring (bicyclic) bond motifs is 1. The maximum Gasteiger partial charge on any atom is 0.260 e. The molecule has 0 spiro atoms. The molecule has 0 atom stereocenters. The van der Waals surface area contributed by atoms with Crippen molar-refractivity contribution in [3.8, 4) is 11.3 Å². The van der Waals surface area contributed by atoms with Gasteiger partial charge in [-0.3, -0.25) is 4.79 Å². The molecule has 0 saturated carbocycles. The number of thiophene rings is 1. The van der Waals surface area contributed by atoms with Gasteiger partial charge in [0.1, 0.15) is 22.7 Å². The van der Waals surface area contributed by atoms with Crippen LogP contribution in [0.1, 0.15) is 5.82 Å². The predicted octanol–water partition coefficient (Wildman–Crippen LogP) is 3.31. The van der Waals surface area contributed by atoms with Crippen LogP contribution in [0.15, 0.2) is 57.1 Å². The smallest absolute Gasteiger partial charge is 0.260 e. The number of nitrogens with one attached hydrogen (secondary N) is 1. The van der Waals surface area contributed by atoms with Gasteiger partial charge >= 0.3 is 0 Å². The summed E-state index contributed by atoms with van der Waals surface area (Å²) >= 11 is 2.89. The highest BCUT2D eigenvalue weighted by Gasteiger charge is 2.15. The molecule has 0 aliphatic carbocycles. The van der Waals surface area contributed by atoms with Gasteiger partial charge in [0.2, 0.25) is 0 Å². The molecular weight excluding hydrogens is 358 g/mol. The lowest BCUT2D eigenvalue weighted by atomic mass is 10.2. The second kappa shape index (κ2) is 6.69. The summed E-state index contributed by atoms with van der Waals surface area (Å²) < 4.78 is 7.28. The third-order valence-corrected chi connectivity index (χ3v) is 5.39. The largest absolute Gasteiger partial charge is 0.464 e. The molecule has 0 amide bonds. The fourth-order valence-corrected chi connectivity index (χ4v) is 4.17. The second-order valence-electron chi connectivity index (χ2n) is 5.16. The first kappa shape index (κ1) is 15.9. The van der Waals surface area contributed by atoms with E-state index < -0.39 is 0 Å². The van der Waals surface area contributed by atoms with Crippen molar-refractivity contribution < 1.29 is 4.42 Å². The van der Waals surface area contributed by atoms with Crippen molar-refractivity contribution in [3.63, 3.8) is 0 Å². The fraction of sp³-hybridized carbons (Fsp3) is 0.125. The molecule has 25 heavy (non-hydrogen) atoms. The molecule has 4 aromatic heterocycles. The third-order valence-electron chi connectivity index (χ3n) is 3.52. The van der Waals surface area contributed by atoms with Crippen molar-refractivity contribution in [2.45, 2.75) is 17.5 Å². The van der Waals surface area contributed by atoms with Crippen molar-refractivity contribution >= 4 is 33.3 Å². The number of aromatic nitrogens is 5. The van der Waals surface area contributed by atoms with Crippen molar-refractivity contribution in [1.29, 1.82) is 0 Å². The van der Waals surface area contributed by atoms with Gasteiger partial charge in [-0.15, -0.1) is 28.1 Å². The highest BCUT2D eigenvalue weighted by molar-refractivity contribution is 7.98. The summed E-state index contributed by atoms with van der Waals surface area (Å²) in [6.45, 7) is 4.35. The van der Waals surface area contributed by atoms with Gasteiger partial charge in [0.15, 0.2) is 5.16 Å². The van der Waals surface area contributed by atoms with Crippen LogP contribution >= 0.6 is 23.1 Å². The minimum Gasteiger partial charge on any atom is -0.464 e. The number of allylic oxidation sites excluding steroid dienone is 1. The first-order chi connectivity index (χ1) is 12.3. The maximum atomic E-state index is 12.5. The maximum absolute atomic E-state index is 12.5. The van der Waals surface area contributed by atoms with E-state index in [1.165, 1.54) is 23.1 Å². The average Bonchev–Trinajstić information content (AvgIpc) is 3.33. The molecule has 7 nitrogen and oxygen atoms in total. The van der Waals surface area contributed by atoms with Gasteiger partial charge in [0.05, 0.1) is 17.4 Å². The van der Waals surface area contributed by atoms with Gasteiger partial charge in [-0.25, -0.2) is 4.98 Å². The monoisotopic (exact) mass is 371 g/mol. The summed E-state index contributed by atoms with van der Waals surface area (Å²) in [4.78, 5) is 20.6. The molecule has 0 aliphatic heterocycles. The van der Waals surface area contributed by atoms with Gasteiger partial charge < -0.3 is 14.0 Å². The van der Waals surface area contributed by atoms with E-state index in [2.05, 4.69) is 26.7 Å². The molecule has 0 aromatic carbocycles. The zero-order chi connectivity index (χ0) is 17.2. The number of H-pyrrole nitrogens is 1. The Morgan fingerprint density at radius 3 is 3.20 bits per heavy atom. The van der Waals surface area contributed by atoms with E-state index in [9.17, 15) is 4.79 Å². The topological polar surface area (TPSA) is 89.6 Å². The minimum atomic E-state index is -0.166. The van der Waals surface area contributed by atoms with Crippen LogP contribution in [0.3, 0.4) is 0 Å². The van der Waals surface area contributed by atoms with Crippen molar-refractivity contribution in [2.24, 2.45) is 0 Å². The Bertz CT molecular complexity index is 1080. The molecule has 0 bridgehead atoms. The zero-order valence-corrected chi connectivity index (χ0v) is 14.6. The first-order valence-electron chi connectivity index (χ1n) is 7.42. The van der Waals surface area contributed by atoms with Crippen LogP contribution in [0, 0.1) is 0 Å². The molecule has 0 fully saturated rings. The molecule has 0 unspecified atom stereocenters. The number of rotatable bonds is 6. The minimum absolute atomic E-state index is 0.166. The Balaban J connectivity index is 1.62. The van der Waals surface area contributed by atoms with Crippen LogP contribution in [-0.4, -0.2) is 24.7 Å². The Morgan fingerprint density at radius 2 is 2.40 bits per heavy atom. The lowest BCUT2D eigenvalue weighted by molar-refractivity contribution is 0.583. The van der Waals surface area contributed by atoms with Crippen molar-refractivity contribution in [3.05, 3.63) is 58.9 Å². The summed E-state index contributed by atoms with van der Waals surface area (Å²) in [5.41, 5.74) is 0.601. The molecule has 9 heteroatoms. The molecule has 1 N–H and O–H groups in total. The van der Waals surface area contributed by atoms with E-state index in [-0.39, 0.29) is 5.56 Å². The van der Waals surface area contributed by atoms with E-state index in [4.69, 9.17) is 4.42 Å². The van der Waals surface area contributed by atoms with Gasteiger partial charge in [0, 0.05) is 17.5 Å². The summed E-state index contributed by atoms with van der Waals surface area (Å²) in [5, 5.41) is 11.2. The highest BCUT2D eigenvalue weighted by Crippen LogP contribution is 2.31. The highest BCUT2D eigenvalue weighted by atomic mass is 32.2. The summed E-state index contributed by atoms with van der Waals surface area (Å²) in [7, 11) is 0. The van der Waals surface area contributed by atoms with Crippen LogP contribution in [0.2, 0.25) is 0 Å². The standard InChI is InChI=1S/C16H13N5O2S2/c1-2-5-21-9-17-20-16(21)25-8-12-18-14(22)13-10(7-24-15(13)19-12)11-4-3-6-23-11/h2-4,6-7,9H,1,5,8H2,(H,18,19,22). The molecule has 0 radical (unpaired) electrons. The normalized spacial score (nSPS) is 11.2. The molecule has 126 valence electrons. The van der Waals surface area contributed by atoms with Gasteiger partial charge in [0.25, 0.3) is 5.56 Å². The number of furan rings is 1. The Labute approximate surface area is 150 Å². The number of thioether (sulfide) groups is 1. The first-order valence-corrected chi connectivity index (χ1v) is 9.28. The summed E-state index contributed by atoms with van der Waals surface area (Å²) in [6.07, 6.45) is 5.02. The SMILES string of the molecule is C=CCn1cnnc1SCc1nc2scc(-c3ccco3)c2c(=O)[nH]1. The fourth-order valence-electron chi connectivity index (χ4n) is 2.43. The quantitative estimate of drug-likeness (QED) is 0.413. The predicted molar refractivity (Wildman–Crippen MR) is 97.7 cm³/mol. The molecule has 4 aromatic rings. The van der Waals surface area contributed by atoms with E-state index in [1.807, 2.05) is 16.0 Å². The second-order valence-corrected chi connectivity index (χ2v) is 6.96. The molecular formula is C16H13N5O2S2. The summed E-state index contributed by atoms with van der Waals surface area (Å²) in [6, 6.07) is 3.63. The van der Waals surface area contributed by atoms with Crippen LogP contribution in [0.5, 0.6) is 0 Å². The number of hydrogen-bond donors (Lipinski definition) is 1. The Morgan fingerprint density at radius 1 is 1.48 bits per heavy atom. The van der Waals surface area contributed by atoms with Crippen LogP contribution in [-0.2, 0) is 12.3 Å². The van der Waals surface area contributed by atoms with Gasteiger partial charge in [-0.1, -0.05) is 17.8 Å². The average molecular weight is 371 g/mol. The molecule has 0 saturated heterocycles. The van der Waals surface area contributed by atoms with Crippen molar-refractivity contribution in [1.82, 2.24) is 24.7 Å². The van der Waals surface area contributed by atoms with Crippen LogP contribution in [0.4, 0.5) is 0 Å². The summed E-state index contributed by atoms with van der Waals surface area (Å²) in [5.74, 6) is 1.76. The molecule has 0 aliphatic rings. The van der Waals surface area contributed by atoms with Gasteiger partial charge in [-0.05, 0) is 12.1 Å². The van der Waals surface area contributed by atoms with Crippen LogP contribution in [0.25, 0.3) is 21.5 Å². The number of nitrogens with zero attached hydrogens (tertiary/aromatic N) is 4. The lowest BCUT2D eigenvalue weighted by Crippen LogP contribution is -2.10. The molecule has 4 heterocycles.